The average Bonchev–Trinajstić information content (AvgIpc) is 3.09. The number of halogens is 1. The number of ether oxygens (including phenoxy) is 1. The summed E-state index contributed by atoms with van der Waals surface area (Å²) in [5, 5.41) is 10.3. The molecular weight excluding hydrogens is 536 g/mol. The van der Waals surface area contributed by atoms with E-state index in [-0.39, 0.29) is 17.4 Å². The molecule has 0 spiro atoms. The SMILES string of the molecule is CSc1ccc([C@@H]2C(C(=O)OC(C)C)=C(C)N=c3s/c(=C\c4cc(Br)ccc4O)c(=O)n32)cc1. The summed E-state index contributed by atoms with van der Waals surface area (Å²) in [6.07, 6.45) is 3.32. The number of carbonyl (C=O) groups excluding carboxylic acids is 1. The molecule has 0 saturated carbocycles. The Bertz CT molecular complexity index is 1470. The quantitative estimate of drug-likeness (QED) is 0.371. The number of thioether (sulfide) groups is 1. The van der Waals surface area contributed by atoms with Crippen LogP contribution in [0.25, 0.3) is 6.08 Å². The first-order chi connectivity index (χ1) is 16.2. The van der Waals surface area contributed by atoms with Crippen LogP contribution in [0.15, 0.2) is 72.9 Å². The Morgan fingerprint density at radius 2 is 1.97 bits per heavy atom. The molecule has 1 aromatic heterocycles. The van der Waals surface area contributed by atoms with Gasteiger partial charge in [0.25, 0.3) is 5.56 Å². The molecule has 0 aliphatic carbocycles. The molecule has 2 aromatic carbocycles. The molecule has 0 amide bonds. The number of fused-ring (bicyclic) bond motifs is 1. The standard InChI is InChI=1S/C25H23BrN2O4S2/c1-13(2)32-24(31)21-14(3)27-25-28(22(21)15-5-8-18(33-4)9-6-15)23(30)20(34-25)12-16-11-17(26)7-10-19(16)29/h5-13,22,29H,1-4H3/b20-12-/t22-/m1/s1. The smallest absolute Gasteiger partial charge is 0.338 e. The second-order valence-electron chi connectivity index (χ2n) is 8.01. The van der Waals surface area contributed by atoms with Gasteiger partial charge in [-0.3, -0.25) is 9.36 Å². The topological polar surface area (TPSA) is 80.9 Å². The molecule has 0 saturated heterocycles. The number of hydrogen-bond donors (Lipinski definition) is 1. The van der Waals surface area contributed by atoms with Crippen LogP contribution < -0.4 is 14.9 Å². The molecule has 1 aliphatic heterocycles. The summed E-state index contributed by atoms with van der Waals surface area (Å²) in [4.78, 5) is 32.9. The second-order valence-corrected chi connectivity index (χ2v) is 10.8. The molecule has 34 heavy (non-hydrogen) atoms. The van der Waals surface area contributed by atoms with Gasteiger partial charge >= 0.3 is 5.97 Å². The van der Waals surface area contributed by atoms with E-state index in [0.717, 1.165) is 14.9 Å². The average molecular weight is 560 g/mol. The van der Waals surface area contributed by atoms with Crippen molar-refractivity contribution in [3.05, 3.63) is 89.0 Å². The third-order valence-electron chi connectivity index (χ3n) is 5.29. The molecule has 0 radical (unpaired) electrons. The van der Waals surface area contributed by atoms with Gasteiger partial charge in [-0.2, -0.15) is 0 Å². The fraction of sp³-hybridized carbons (Fsp3) is 0.240. The number of benzene rings is 2. The van der Waals surface area contributed by atoms with Crippen LogP contribution in [0, 0.1) is 0 Å². The molecule has 4 rings (SSSR count). The minimum atomic E-state index is -0.670. The van der Waals surface area contributed by atoms with Crippen LogP contribution in [-0.4, -0.2) is 28.0 Å². The van der Waals surface area contributed by atoms with Gasteiger partial charge in [0.15, 0.2) is 4.80 Å². The summed E-state index contributed by atoms with van der Waals surface area (Å²) in [5.41, 5.74) is 1.87. The van der Waals surface area contributed by atoms with E-state index in [9.17, 15) is 14.7 Å². The number of aromatic nitrogens is 1. The lowest BCUT2D eigenvalue weighted by Gasteiger charge is -2.25. The maximum absolute atomic E-state index is 13.6. The third-order valence-corrected chi connectivity index (χ3v) is 7.51. The Morgan fingerprint density at radius 1 is 1.26 bits per heavy atom. The van der Waals surface area contributed by atoms with Crippen LogP contribution in [0.3, 0.4) is 0 Å². The highest BCUT2D eigenvalue weighted by Gasteiger charge is 2.33. The number of aromatic hydroxyl groups is 1. The molecule has 0 bridgehead atoms. The monoisotopic (exact) mass is 558 g/mol. The molecule has 176 valence electrons. The van der Waals surface area contributed by atoms with Gasteiger partial charge in [-0.05, 0) is 69.0 Å². The van der Waals surface area contributed by atoms with Crippen LogP contribution in [-0.2, 0) is 9.53 Å². The number of hydrogen-bond acceptors (Lipinski definition) is 7. The maximum Gasteiger partial charge on any atom is 0.338 e. The van der Waals surface area contributed by atoms with Crippen molar-refractivity contribution in [2.75, 3.05) is 6.26 Å². The van der Waals surface area contributed by atoms with E-state index in [4.69, 9.17) is 4.74 Å². The molecule has 6 nitrogen and oxygen atoms in total. The van der Waals surface area contributed by atoms with Crippen LogP contribution in [0.2, 0.25) is 0 Å². The van der Waals surface area contributed by atoms with E-state index >= 15 is 0 Å². The molecule has 1 atom stereocenters. The van der Waals surface area contributed by atoms with Crippen molar-refractivity contribution in [2.45, 2.75) is 37.8 Å². The van der Waals surface area contributed by atoms with Gasteiger partial charge in [0.1, 0.15) is 5.75 Å². The zero-order valence-corrected chi connectivity index (χ0v) is 22.3. The molecule has 1 N–H and O–H groups in total. The van der Waals surface area contributed by atoms with Gasteiger partial charge in [-0.25, -0.2) is 9.79 Å². The van der Waals surface area contributed by atoms with Crippen molar-refractivity contribution in [1.82, 2.24) is 4.57 Å². The van der Waals surface area contributed by atoms with Gasteiger partial charge < -0.3 is 9.84 Å². The summed E-state index contributed by atoms with van der Waals surface area (Å²) in [7, 11) is 0. The van der Waals surface area contributed by atoms with Crippen LogP contribution >= 0.6 is 39.0 Å². The van der Waals surface area contributed by atoms with Crippen molar-refractivity contribution in [3.63, 3.8) is 0 Å². The number of rotatable bonds is 5. The van der Waals surface area contributed by atoms with E-state index in [0.29, 0.717) is 26.2 Å². The highest BCUT2D eigenvalue weighted by Crippen LogP contribution is 2.32. The number of allylic oxidation sites excluding steroid dienone is 1. The summed E-state index contributed by atoms with van der Waals surface area (Å²) in [5.74, 6) is -0.426. The molecule has 1 aliphatic rings. The minimum Gasteiger partial charge on any atom is -0.507 e. The first-order valence-electron chi connectivity index (χ1n) is 10.6. The number of esters is 1. The van der Waals surface area contributed by atoms with E-state index in [1.54, 1.807) is 61.4 Å². The molecule has 3 aromatic rings. The lowest BCUT2D eigenvalue weighted by atomic mass is 9.96. The van der Waals surface area contributed by atoms with Gasteiger partial charge in [0, 0.05) is 14.9 Å². The zero-order valence-electron chi connectivity index (χ0n) is 19.0. The van der Waals surface area contributed by atoms with E-state index < -0.39 is 12.0 Å². The molecule has 9 heteroatoms. The summed E-state index contributed by atoms with van der Waals surface area (Å²) < 4.78 is 8.26. The van der Waals surface area contributed by atoms with Crippen molar-refractivity contribution in [1.29, 1.82) is 0 Å². The van der Waals surface area contributed by atoms with E-state index in [1.165, 1.54) is 11.3 Å². The molecular formula is C25H23BrN2O4S2. The fourth-order valence-corrected chi connectivity index (χ4v) is 5.57. The van der Waals surface area contributed by atoms with Crippen LogP contribution in [0.4, 0.5) is 0 Å². The zero-order chi connectivity index (χ0) is 24.6. The normalized spacial score (nSPS) is 15.9. The number of phenolic OH excluding ortho intramolecular Hbond substituents is 1. The van der Waals surface area contributed by atoms with Crippen molar-refractivity contribution in [2.24, 2.45) is 4.99 Å². The van der Waals surface area contributed by atoms with Gasteiger partial charge in [-0.1, -0.05) is 39.4 Å². The Labute approximate surface area is 213 Å². The largest absolute Gasteiger partial charge is 0.507 e. The predicted molar refractivity (Wildman–Crippen MR) is 139 cm³/mol. The van der Waals surface area contributed by atoms with Gasteiger partial charge in [-0.15, -0.1) is 11.8 Å². The second kappa shape index (κ2) is 9.93. The Hall–Kier alpha value is -2.62. The van der Waals surface area contributed by atoms with Crippen molar-refractivity contribution >= 4 is 51.1 Å². The number of phenols is 1. The number of nitrogens with zero attached hydrogens (tertiary/aromatic N) is 2. The highest BCUT2D eigenvalue weighted by atomic mass is 79.9. The van der Waals surface area contributed by atoms with E-state index in [2.05, 4.69) is 20.9 Å². The molecule has 0 unspecified atom stereocenters. The number of carbonyl (C=O) groups is 1. The number of thiazole rings is 1. The Balaban J connectivity index is 1.95. The first-order valence-corrected chi connectivity index (χ1v) is 13.4. The third kappa shape index (κ3) is 4.78. The lowest BCUT2D eigenvalue weighted by Crippen LogP contribution is -2.40. The van der Waals surface area contributed by atoms with E-state index in [1.807, 2.05) is 30.5 Å². The molecule has 2 heterocycles. The summed E-state index contributed by atoms with van der Waals surface area (Å²) in [6.45, 7) is 5.34. The Kier molecular flexibility index (Phi) is 7.16. The van der Waals surface area contributed by atoms with Crippen LogP contribution in [0.1, 0.15) is 37.9 Å². The first kappa shape index (κ1) is 24.5. The molecule has 0 fully saturated rings. The lowest BCUT2D eigenvalue weighted by molar-refractivity contribution is -0.143. The maximum atomic E-state index is 13.6. The van der Waals surface area contributed by atoms with Crippen LogP contribution in [0.5, 0.6) is 5.75 Å². The van der Waals surface area contributed by atoms with Gasteiger partial charge in [0.05, 0.1) is 27.9 Å². The fourth-order valence-electron chi connectivity index (χ4n) is 3.74. The van der Waals surface area contributed by atoms with Crippen molar-refractivity contribution in [3.8, 4) is 5.75 Å². The summed E-state index contributed by atoms with van der Waals surface area (Å²) >= 11 is 6.23. The minimum absolute atomic E-state index is 0.0654. The van der Waals surface area contributed by atoms with Gasteiger partial charge in [0.2, 0.25) is 0 Å². The highest BCUT2D eigenvalue weighted by molar-refractivity contribution is 9.10. The van der Waals surface area contributed by atoms with Crippen molar-refractivity contribution < 1.29 is 14.6 Å². The predicted octanol–water partition coefficient (Wildman–Crippen LogP) is 4.38. The Morgan fingerprint density at radius 3 is 2.62 bits per heavy atom. The summed E-state index contributed by atoms with van der Waals surface area (Å²) in [6, 6.07) is 12.1.